The fraction of sp³-hybridized carbons (Fsp3) is 0.800. The summed E-state index contributed by atoms with van der Waals surface area (Å²) >= 11 is 3.15. The van der Waals surface area contributed by atoms with E-state index in [1.54, 1.807) is 11.4 Å². The fourth-order valence-corrected chi connectivity index (χ4v) is 4.88. The Kier molecular flexibility index (Phi) is 4.08. The van der Waals surface area contributed by atoms with Crippen LogP contribution < -0.4 is 0 Å². The van der Waals surface area contributed by atoms with Gasteiger partial charge in [0.05, 0.1) is 0 Å². The summed E-state index contributed by atoms with van der Waals surface area (Å²) in [7, 11) is -1.91. The van der Waals surface area contributed by atoms with E-state index in [2.05, 4.69) is 33.2 Å². The summed E-state index contributed by atoms with van der Waals surface area (Å²) in [6.07, 6.45) is 3.03. The molecule has 0 radical (unpaired) electrons. The highest BCUT2D eigenvalue weighted by Gasteiger charge is 2.33. The van der Waals surface area contributed by atoms with Crippen LogP contribution in [0.25, 0.3) is 0 Å². The van der Waals surface area contributed by atoms with Gasteiger partial charge in [0.1, 0.15) is 0 Å². The molecular formula is C10H17BrN4O2S. The maximum atomic E-state index is 12.5. The van der Waals surface area contributed by atoms with Gasteiger partial charge in [-0.2, -0.15) is 4.31 Å². The van der Waals surface area contributed by atoms with Crippen molar-refractivity contribution in [2.75, 3.05) is 13.1 Å². The summed E-state index contributed by atoms with van der Waals surface area (Å²) in [6, 6.07) is 0. The lowest BCUT2D eigenvalue weighted by molar-refractivity contribution is 0.260. The molecule has 1 saturated heterocycles. The van der Waals surface area contributed by atoms with E-state index < -0.39 is 10.0 Å². The quantitative estimate of drug-likeness (QED) is 0.836. The average molecular weight is 337 g/mol. The first-order valence-electron chi connectivity index (χ1n) is 6.02. The van der Waals surface area contributed by atoms with Gasteiger partial charge < -0.3 is 0 Å². The summed E-state index contributed by atoms with van der Waals surface area (Å²) < 4.78 is 28.2. The lowest BCUT2D eigenvalue weighted by Gasteiger charge is -2.31. The highest BCUT2D eigenvalue weighted by molar-refractivity contribution is 9.10. The number of sulfonamides is 1. The van der Waals surface area contributed by atoms with Crippen molar-refractivity contribution in [3.05, 3.63) is 4.60 Å². The highest BCUT2D eigenvalue weighted by Crippen LogP contribution is 2.27. The molecule has 0 amide bonds. The number of aromatic nitrogens is 3. The summed E-state index contributed by atoms with van der Waals surface area (Å²) in [4.78, 5) is 0. The van der Waals surface area contributed by atoms with Crippen LogP contribution in [0.15, 0.2) is 9.63 Å². The molecule has 1 aromatic heterocycles. The highest BCUT2D eigenvalue weighted by atomic mass is 79.9. The van der Waals surface area contributed by atoms with Crippen molar-refractivity contribution in [3.63, 3.8) is 0 Å². The van der Waals surface area contributed by atoms with Crippen molar-refractivity contribution in [1.29, 1.82) is 0 Å². The van der Waals surface area contributed by atoms with Crippen LogP contribution in [-0.4, -0.2) is 40.8 Å². The van der Waals surface area contributed by atoms with Crippen LogP contribution >= 0.6 is 15.9 Å². The predicted octanol–water partition coefficient (Wildman–Crippen LogP) is 1.39. The first-order chi connectivity index (χ1) is 8.46. The molecule has 102 valence electrons. The summed E-state index contributed by atoms with van der Waals surface area (Å²) in [5.74, 6) is 0.452. The molecule has 1 aliphatic rings. The van der Waals surface area contributed by atoms with Crippen molar-refractivity contribution in [3.8, 4) is 0 Å². The third kappa shape index (κ3) is 2.46. The minimum atomic E-state index is -3.50. The Morgan fingerprint density at radius 1 is 1.50 bits per heavy atom. The molecule has 0 saturated carbocycles. The summed E-state index contributed by atoms with van der Waals surface area (Å²) in [5, 5.41) is 7.61. The van der Waals surface area contributed by atoms with Gasteiger partial charge in [-0.15, -0.1) is 5.10 Å². The van der Waals surface area contributed by atoms with Crippen molar-refractivity contribution < 1.29 is 8.42 Å². The molecule has 1 atom stereocenters. The van der Waals surface area contributed by atoms with E-state index in [1.165, 1.54) is 4.68 Å². The molecule has 0 N–H and O–H groups in total. The van der Waals surface area contributed by atoms with Crippen molar-refractivity contribution in [2.24, 2.45) is 13.0 Å². The topological polar surface area (TPSA) is 68.1 Å². The molecule has 8 heteroatoms. The maximum absolute atomic E-state index is 12.5. The monoisotopic (exact) mass is 336 g/mol. The number of rotatable bonds is 3. The predicted molar refractivity (Wildman–Crippen MR) is 70.5 cm³/mol. The van der Waals surface area contributed by atoms with Gasteiger partial charge in [-0.05, 0) is 34.7 Å². The van der Waals surface area contributed by atoms with Gasteiger partial charge in [0.15, 0.2) is 4.60 Å². The zero-order chi connectivity index (χ0) is 13.3. The van der Waals surface area contributed by atoms with Gasteiger partial charge in [-0.1, -0.05) is 18.6 Å². The molecule has 6 nitrogen and oxygen atoms in total. The van der Waals surface area contributed by atoms with E-state index in [4.69, 9.17) is 0 Å². The Morgan fingerprint density at radius 2 is 2.22 bits per heavy atom. The molecule has 1 unspecified atom stereocenters. The van der Waals surface area contributed by atoms with Gasteiger partial charge in [-0.25, -0.2) is 13.1 Å². The molecule has 1 aliphatic heterocycles. The fourth-order valence-electron chi connectivity index (χ4n) is 2.30. The average Bonchev–Trinajstić information content (AvgIpc) is 2.69. The standard InChI is InChI=1S/C10H17BrN4O2S/c1-3-8-5-4-6-15(7-8)18(16,17)10-9(11)12-13-14(10)2/h8H,3-7H2,1-2H3. The van der Waals surface area contributed by atoms with Gasteiger partial charge in [0, 0.05) is 20.1 Å². The second-order valence-corrected chi connectivity index (χ2v) is 7.19. The van der Waals surface area contributed by atoms with Crippen LogP contribution in [0.4, 0.5) is 0 Å². The molecule has 0 aliphatic carbocycles. The van der Waals surface area contributed by atoms with E-state index >= 15 is 0 Å². The van der Waals surface area contributed by atoms with Gasteiger partial charge in [0.25, 0.3) is 10.0 Å². The molecule has 18 heavy (non-hydrogen) atoms. The van der Waals surface area contributed by atoms with E-state index in [0.29, 0.717) is 19.0 Å². The molecule has 0 aromatic carbocycles. The molecular weight excluding hydrogens is 320 g/mol. The second-order valence-electron chi connectivity index (χ2n) is 4.59. The molecule has 2 heterocycles. The Morgan fingerprint density at radius 3 is 2.78 bits per heavy atom. The first kappa shape index (κ1) is 14.0. The number of hydrogen-bond acceptors (Lipinski definition) is 4. The van der Waals surface area contributed by atoms with E-state index in [9.17, 15) is 8.42 Å². The minimum absolute atomic E-state index is 0.138. The van der Waals surface area contributed by atoms with Gasteiger partial charge in [-0.3, -0.25) is 0 Å². The lowest BCUT2D eigenvalue weighted by Crippen LogP contribution is -2.40. The van der Waals surface area contributed by atoms with Crippen molar-refractivity contribution in [1.82, 2.24) is 19.3 Å². The molecule has 1 fully saturated rings. The lowest BCUT2D eigenvalue weighted by atomic mass is 9.97. The zero-order valence-corrected chi connectivity index (χ0v) is 12.9. The first-order valence-corrected chi connectivity index (χ1v) is 8.25. The molecule has 0 bridgehead atoms. The normalized spacial score (nSPS) is 22.3. The Hall–Kier alpha value is -0.470. The van der Waals surface area contributed by atoms with Crippen LogP contribution in [-0.2, 0) is 17.1 Å². The van der Waals surface area contributed by atoms with E-state index in [-0.39, 0.29) is 9.63 Å². The van der Waals surface area contributed by atoms with Crippen LogP contribution in [0, 0.1) is 5.92 Å². The number of hydrogen-bond donors (Lipinski definition) is 0. The van der Waals surface area contributed by atoms with Crippen LogP contribution in [0.3, 0.4) is 0 Å². The third-order valence-electron chi connectivity index (χ3n) is 3.38. The van der Waals surface area contributed by atoms with Crippen molar-refractivity contribution >= 4 is 26.0 Å². The number of aryl methyl sites for hydroxylation is 1. The SMILES string of the molecule is CCC1CCCN(S(=O)(=O)c2c(Br)nnn2C)C1. The van der Waals surface area contributed by atoms with Gasteiger partial charge >= 0.3 is 0 Å². The van der Waals surface area contributed by atoms with Gasteiger partial charge in [0.2, 0.25) is 5.03 Å². The summed E-state index contributed by atoms with van der Waals surface area (Å²) in [5.41, 5.74) is 0. The number of halogens is 1. The minimum Gasteiger partial charge on any atom is -0.235 e. The second kappa shape index (κ2) is 5.26. The smallest absolute Gasteiger partial charge is 0.235 e. The zero-order valence-electron chi connectivity index (χ0n) is 10.5. The largest absolute Gasteiger partial charge is 0.263 e. The Balaban J connectivity index is 2.31. The molecule has 0 spiro atoms. The summed E-state index contributed by atoms with van der Waals surface area (Å²) in [6.45, 7) is 3.27. The van der Waals surface area contributed by atoms with Crippen LogP contribution in [0.5, 0.6) is 0 Å². The number of nitrogens with zero attached hydrogens (tertiary/aromatic N) is 4. The Bertz CT molecular complexity index is 508. The Labute approximate surface area is 116 Å². The third-order valence-corrected chi connectivity index (χ3v) is 6.13. The number of piperidine rings is 1. The van der Waals surface area contributed by atoms with E-state index in [1.807, 2.05) is 0 Å². The maximum Gasteiger partial charge on any atom is 0.263 e. The van der Waals surface area contributed by atoms with Crippen LogP contribution in [0.1, 0.15) is 26.2 Å². The van der Waals surface area contributed by atoms with Crippen LogP contribution in [0.2, 0.25) is 0 Å². The van der Waals surface area contributed by atoms with E-state index in [0.717, 1.165) is 19.3 Å². The van der Waals surface area contributed by atoms with Crippen molar-refractivity contribution in [2.45, 2.75) is 31.2 Å². The molecule has 1 aromatic rings. The molecule has 2 rings (SSSR count).